The summed E-state index contributed by atoms with van der Waals surface area (Å²) in [7, 11) is 4.56. The molecule has 154 valence electrons. The van der Waals surface area contributed by atoms with Crippen LogP contribution in [0.15, 0.2) is 36.9 Å². The Morgan fingerprint density at radius 3 is 1.74 bits per heavy atom. The van der Waals surface area contributed by atoms with E-state index in [0.29, 0.717) is 0 Å². The summed E-state index contributed by atoms with van der Waals surface area (Å²) >= 11 is 0. The number of nitrogens with zero attached hydrogens (tertiary/aromatic N) is 1. The summed E-state index contributed by atoms with van der Waals surface area (Å²) < 4.78 is 0.901. The van der Waals surface area contributed by atoms with E-state index in [2.05, 4.69) is 51.9 Å². The maximum atomic E-state index is 3.92. The Bertz CT molecular complexity index is 489. The summed E-state index contributed by atoms with van der Waals surface area (Å²) in [4.78, 5) is 0. The molecular formula is C26H46N+. The highest BCUT2D eigenvalue weighted by Crippen LogP contribution is 2.26. The lowest BCUT2D eigenvalue weighted by atomic mass is 10.0. The van der Waals surface area contributed by atoms with Crippen molar-refractivity contribution in [3.05, 3.63) is 42.5 Å². The van der Waals surface area contributed by atoms with Gasteiger partial charge in [-0.25, -0.2) is 0 Å². The molecular weight excluding hydrogens is 326 g/mol. The Kier molecular flexibility index (Phi) is 13.2. The van der Waals surface area contributed by atoms with Gasteiger partial charge in [-0.3, -0.25) is 4.48 Å². The summed E-state index contributed by atoms with van der Waals surface area (Å²) in [6.45, 7) is 7.20. The Morgan fingerprint density at radius 1 is 0.741 bits per heavy atom. The molecule has 0 aliphatic rings. The summed E-state index contributed by atoms with van der Waals surface area (Å²) in [5.74, 6) is 0. The Morgan fingerprint density at radius 2 is 1.22 bits per heavy atom. The quantitative estimate of drug-likeness (QED) is 0.147. The zero-order valence-electron chi connectivity index (χ0n) is 18.6. The topological polar surface area (TPSA) is 0 Å². The second-order valence-electron chi connectivity index (χ2n) is 8.78. The molecule has 0 aliphatic carbocycles. The van der Waals surface area contributed by atoms with E-state index in [1.807, 2.05) is 6.08 Å². The second-order valence-corrected chi connectivity index (χ2v) is 8.78. The SMILES string of the molecule is C=CC[N+](C)(C)c1ccccc1CCCCCCCCCCCCCCC. The van der Waals surface area contributed by atoms with Crippen molar-refractivity contribution in [1.82, 2.24) is 4.48 Å². The van der Waals surface area contributed by atoms with E-state index < -0.39 is 0 Å². The van der Waals surface area contributed by atoms with Crippen molar-refractivity contribution in [2.75, 3.05) is 20.6 Å². The first kappa shape index (κ1) is 24.0. The van der Waals surface area contributed by atoms with Crippen LogP contribution in [-0.4, -0.2) is 20.6 Å². The zero-order chi connectivity index (χ0) is 19.8. The van der Waals surface area contributed by atoms with E-state index in [4.69, 9.17) is 0 Å². The summed E-state index contributed by atoms with van der Waals surface area (Å²) in [6.07, 6.45) is 21.7. The third kappa shape index (κ3) is 10.7. The molecule has 1 nitrogen and oxygen atoms in total. The van der Waals surface area contributed by atoms with Crippen LogP contribution >= 0.6 is 0 Å². The predicted octanol–water partition coefficient (Wildman–Crippen LogP) is 8.07. The largest absolute Gasteiger partial charge is 0.292 e. The minimum Gasteiger partial charge on any atom is -0.292 e. The van der Waals surface area contributed by atoms with Crippen LogP contribution in [0.4, 0.5) is 5.69 Å². The molecule has 0 amide bonds. The van der Waals surface area contributed by atoms with Crippen LogP contribution in [0.2, 0.25) is 0 Å². The highest BCUT2D eigenvalue weighted by molar-refractivity contribution is 5.50. The van der Waals surface area contributed by atoms with Crippen LogP contribution in [0.3, 0.4) is 0 Å². The number of quaternary nitrogens is 1. The van der Waals surface area contributed by atoms with Gasteiger partial charge in [-0.15, -0.1) is 0 Å². The van der Waals surface area contributed by atoms with Crippen LogP contribution in [0.1, 0.15) is 96.0 Å². The van der Waals surface area contributed by atoms with Crippen LogP contribution in [0.5, 0.6) is 0 Å². The lowest BCUT2D eigenvalue weighted by molar-refractivity contribution is 0.437. The van der Waals surface area contributed by atoms with Gasteiger partial charge in [0.05, 0.1) is 14.1 Å². The first-order valence-corrected chi connectivity index (χ1v) is 11.6. The molecule has 0 unspecified atom stereocenters. The average Bonchev–Trinajstić information content (AvgIpc) is 2.65. The molecule has 1 aromatic rings. The van der Waals surface area contributed by atoms with Crippen molar-refractivity contribution in [3.63, 3.8) is 0 Å². The summed E-state index contributed by atoms with van der Waals surface area (Å²) in [5.41, 5.74) is 2.98. The van der Waals surface area contributed by atoms with Crippen LogP contribution in [0.25, 0.3) is 0 Å². The highest BCUT2D eigenvalue weighted by atomic mass is 15.3. The molecule has 0 saturated heterocycles. The van der Waals surface area contributed by atoms with E-state index in [0.717, 1.165) is 11.0 Å². The van der Waals surface area contributed by atoms with Crippen LogP contribution in [-0.2, 0) is 6.42 Å². The zero-order valence-corrected chi connectivity index (χ0v) is 18.6. The maximum absolute atomic E-state index is 3.92. The van der Waals surface area contributed by atoms with E-state index in [9.17, 15) is 0 Å². The number of unbranched alkanes of at least 4 members (excludes halogenated alkanes) is 12. The fourth-order valence-electron chi connectivity index (χ4n) is 4.07. The van der Waals surface area contributed by atoms with Gasteiger partial charge >= 0.3 is 0 Å². The number of likely N-dealkylation sites (N-methyl/N-ethyl adjacent to an activating group) is 1. The van der Waals surface area contributed by atoms with Gasteiger partial charge in [-0.2, -0.15) is 0 Å². The molecule has 0 fully saturated rings. The molecule has 1 rings (SSSR count). The Hall–Kier alpha value is -1.08. The smallest absolute Gasteiger partial charge is 0.135 e. The number of aryl methyl sites for hydroxylation is 1. The lowest BCUT2D eigenvalue weighted by Gasteiger charge is -2.30. The van der Waals surface area contributed by atoms with E-state index >= 15 is 0 Å². The first-order valence-electron chi connectivity index (χ1n) is 11.6. The van der Waals surface area contributed by atoms with Crippen LogP contribution < -0.4 is 4.48 Å². The molecule has 0 atom stereocenters. The Labute approximate surface area is 170 Å². The van der Waals surface area contributed by atoms with Crippen molar-refractivity contribution >= 4 is 5.69 Å². The van der Waals surface area contributed by atoms with Crippen molar-refractivity contribution in [3.8, 4) is 0 Å². The van der Waals surface area contributed by atoms with Gasteiger partial charge in [0.2, 0.25) is 0 Å². The van der Waals surface area contributed by atoms with Gasteiger partial charge in [0, 0.05) is 5.56 Å². The number of hydrogen-bond acceptors (Lipinski definition) is 0. The first-order chi connectivity index (χ1) is 13.1. The van der Waals surface area contributed by atoms with Gasteiger partial charge in [-0.05, 0) is 25.0 Å². The van der Waals surface area contributed by atoms with Gasteiger partial charge in [-0.1, -0.05) is 109 Å². The molecule has 0 aliphatic heterocycles. The average molecular weight is 373 g/mol. The van der Waals surface area contributed by atoms with Crippen LogP contribution in [0, 0.1) is 0 Å². The number of para-hydroxylation sites is 1. The molecule has 0 aromatic heterocycles. The molecule has 1 heteroatoms. The molecule has 0 bridgehead atoms. The third-order valence-electron chi connectivity index (χ3n) is 5.78. The van der Waals surface area contributed by atoms with Crippen molar-refractivity contribution in [1.29, 1.82) is 0 Å². The lowest BCUT2D eigenvalue weighted by Crippen LogP contribution is -2.41. The molecule has 0 N–H and O–H groups in total. The minimum absolute atomic E-state index is 0.901. The minimum atomic E-state index is 0.901. The number of benzene rings is 1. The van der Waals surface area contributed by atoms with Gasteiger partial charge in [0.25, 0.3) is 0 Å². The van der Waals surface area contributed by atoms with Gasteiger partial charge in [0.15, 0.2) is 0 Å². The third-order valence-corrected chi connectivity index (χ3v) is 5.78. The van der Waals surface area contributed by atoms with Gasteiger partial charge in [0.1, 0.15) is 12.2 Å². The van der Waals surface area contributed by atoms with Gasteiger partial charge < -0.3 is 0 Å². The number of rotatable bonds is 17. The molecule has 0 spiro atoms. The highest BCUT2D eigenvalue weighted by Gasteiger charge is 2.20. The van der Waals surface area contributed by atoms with E-state index in [1.54, 1.807) is 0 Å². The van der Waals surface area contributed by atoms with E-state index in [-0.39, 0.29) is 0 Å². The molecule has 1 aromatic carbocycles. The number of hydrogen-bond donors (Lipinski definition) is 0. The fraction of sp³-hybridized carbons (Fsp3) is 0.692. The standard InChI is InChI=1S/C26H46N/c1-5-7-8-9-10-11-12-13-14-15-16-17-18-21-25-22-19-20-23-26(25)27(3,4)24-6-2/h6,19-20,22-23H,2,5,7-18,21,24H2,1,3-4H3/q+1. The van der Waals surface area contributed by atoms with E-state index in [1.165, 1.54) is 101 Å². The van der Waals surface area contributed by atoms with Crippen molar-refractivity contribution < 1.29 is 0 Å². The summed E-state index contributed by atoms with van der Waals surface area (Å²) in [5, 5.41) is 0. The van der Waals surface area contributed by atoms with Crippen molar-refractivity contribution in [2.45, 2.75) is 96.8 Å². The molecule has 0 saturated carbocycles. The maximum Gasteiger partial charge on any atom is 0.135 e. The molecule has 0 radical (unpaired) electrons. The monoisotopic (exact) mass is 372 g/mol. The normalized spacial score (nSPS) is 11.7. The van der Waals surface area contributed by atoms with Crippen molar-refractivity contribution in [2.24, 2.45) is 0 Å². The molecule has 0 heterocycles. The summed E-state index contributed by atoms with van der Waals surface area (Å²) in [6, 6.07) is 8.97. The Balaban J connectivity index is 2.10. The predicted molar refractivity (Wildman–Crippen MR) is 125 cm³/mol. The fourth-order valence-corrected chi connectivity index (χ4v) is 4.07. The second kappa shape index (κ2) is 14.9. The molecule has 27 heavy (non-hydrogen) atoms.